The lowest BCUT2D eigenvalue weighted by atomic mass is 10.0. The van der Waals surface area contributed by atoms with Gasteiger partial charge in [-0.05, 0) is 17.7 Å². The topological polar surface area (TPSA) is 93.3 Å². The molecule has 0 fully saturated rings. The van der Waals surface area contributed by atoms with E-state index in [0.29, 0.717) is 22.8 Å². The van der Waals surface area contributed by atoms with Crippen molar-refractivity contribution in [2.45, 2.75) is 10.8 Å². The molecule has 0 saturated carbocycles. The van der Waals surface area contributed by atoms with Crippen LogP contribution in [0.1, 0.15) is 11.5 Å². The van der Waals surface area contributed by atoms with Gasteiger partial charge in [0, 0.05) is 23.4 Å². The average molecular weight is 295 g/mol. The molecule has 0 aliphatic rings. The minimum Gasteiger partial charge on any atom is -0.468 e. The van der Waals surface area contributed by atoms with Gasteiger partial charge in [0.25, 0.3) is 0 Å². The number of hydrogen-bond donors (Lipinski definition) is 1. The van der Waals surface area contributed by atoms with Crippen molar-refractivity contribution in [2.24, 2.45) is 0 Å². The number of H-pyrrole nitrogens is 1. The van der Waals surface area contributed by atoms with E-state index >= 15 is 0 Å². The number of aromatic amines is 1. The maximum atomic E-state index is 11.5. The molecule has 6 nitrogen and oxygen atoms in total. The lowest BCUT2D eigenvalue weighted by molar-refractivity contribution is -0.143. The van der Waals surface area contributed by atoms with Crippen molar-refractivity contribution in [2.75, 3.05) is 13.4 Å². The summed E-state index contributed by atoms with van der Waals surface area (Å²) >= 11 is 0. The number of esters is 1. The summed E-state index contributed by atoms with van der Waals surface area (Å²) in [7, 11) is -2.11. The van der Waals surface area contributed by atoms with E-state index in [1.165, 1.54) is 25.4 Å². The Balaban J connectivity index is 2.58. The van der Waals surface area contributed by atoms with Crippen LogP contribution in [0.15, 0.2) is 29.3 Å². The quantitative estimate of drug-likeness (QED) is 0.516. The molecule has 0 bridgehead atoms. The second kappa shape index (κ2) is 5.09. The van der Waals surface area contributed by atoms with E-state index in [0.717, 1.165) is 6.26 Å². The van der Waals surface area contributed by atoms with Crippen LogP contribution in [-0.2, 0) is 24.2 Å². The van der Waals surface area contributed by atoms with Crippen LogP contribution in [-0.4, -0.2) is 39.0 Å². The zero-order chi connectivity index (χ0) is 14.9. The van der Waals surface area contributed by atoms with E-state index in [9.17, 15) is 18.0 Å². The Kier molecular flexibility index (Phi) is 3.63. The van der Waals surface area contributed by atoms with Gasteiger partial charge < -0.3 is 14.5 Å². The van der Waals surface area contributed by atoms with Gasteiger partial charge >= 0.3 is 5.97 Å². The van der Waals surface area contributed by atoms with Crippen LogP contribution in [0.5, 0.6) is 0 Å². The number of rotatable bonds is 4. The molecule has 1 heterocycles. The monoisotopic (exact) mass is 295 g/mol. The Labute approximate surface area is 115 Å². The number of hydrogen-bond acceptors (Lipinski definition) is 5. The summed E-state index contributed by atoms with van der Waals surface area (Å²) in [5, 5.41) is 0.611. The summed E-state index contributed by atoms with van der Waals surface area (Å²) in [5.74, 6) is -1.69. The third-order valence-corrected chi connectivity index (χ3v) is 4.15. The van der Waals surface area contributed by atoms with Crippen LogP contribution >= 0.6 is 0 Å². The number of carbonyl (C=O) groups excluding carboxylic acids is 2. The minimum absolute atomic E-state index is 0.166. The van der Waals surface area contributed by atoms with Crippen molar-refractivity contribution >= 4 is 33.0 Å². The van der Waals surface area contributed by atoms with Crippen LogP contribution in [0.25, 0.3) is 10.9 Å². The zero-order valence-corrected chi connectivity index (χ0v) is 11.7. The van der Waals surface area contributed by atoms with Gasteiger partial charge in [-0.3, -0.25) is 4.79 Å². The number of sulfone groups is 1. The number of benzene rings is 1. The number of ether oxygens (including phenoxy) is 1. The second-order valence-corrected chi connectivity index (χ2v) is 6.38. The number of carbonyl (C=O) groups is 2. The molecule has 1 aromatic carbocycles. The van der Waals surface area contributed by atoms with Crippen molar-refractivity contribution in [3.05, 3.63) is 30.0 Å². The van der Waals surface area contributed by atoms with Gasteiger partial charge in [-0.2, -0.15) is 0 Å². The van der Waals surface area contributed by atoms with Gasteiger partial charge in [-0.15, -0.1) is 0 Å². The third kappa shape index (κ3) is 2.44. The van der Waals surface area contributed by atoms with Crippen molar-refractivity contribution < 1.29 is 22.7 Å². The molecule has 2 rings (SSSR count). The first kappa shape index (κ1) is 14.3. The molecule has 0 saturated heterocycles. The molecule has 1 atom stereocenters. The van der Waals surface area contributed by atoms with Gasteiger partial charge in [0.05, 0.1) is 12.0 Å². The van der Waals surface area contributed by atoms with Crippen LogP contribution in [0.2, 0.25) is 0 Å². The Morgan fingerprint density at radius 1 is 1.40 bits per heavy atom. The maximum absolute atomic E-state index is 11.5. The van der Waals surface area contributed by atoms with Crippen molar-refractivity contribution in [3.63, 3.8) is 0 Å². The van der Waals surface area contributed by atoms with Gasteiger partial charge in [0.2, 0.25) is 0 Å². The zero-order valence-electron chi connectivity index (χ0n) is 10.9. The van der Waals surface area contributed by atoms with Crippen LogP contribution < -0.4 is 0 Å². The highest BCUT2D eigenvalue weighted by Crippen LogP contribution is 2.27. The molecule has 0 spiro atoms. The Morgan fingerprint density at radius 3 is 2.65 bits per heavy atom. The number of aromatic nitrogens is 1. The largest absolute Gasteiger partial charge is 0.468 e. The molecule has 20 heavy (non-hydrogen) atoms. The third-order valence-electron chi connectivity index (χ3n) is 3.04. The molecular weight excluding hydrogens is 282 g/mol. The van der Waals surface area contributed by atoms with Gasteiger partial charge in [0.15, 0.2) is 9.84 Å². The highest BCUT2D eigenvalue weighted by molar-refractivity contribution is 7.90. The summed E-state index contributed by atoms with van der Waals surface area (Å²) in [4.78, 5) is 25.6. The Bertz CT molecular complexity index is 775. The first-order valence-electron chi connectivity index (χ1n) is 5.72. The van der Waals surface area contributed by atoms with Gasteiger partial charge in [0.1, 0.15) is 12.2 Å². The molecule has 1 aromatic heterocycles. The fraction of sp³-hybridized carbons (Fsp3) is 0.231. The standard InChI is InChI=1S/C13H13NO5S/c1-19-13(16)11(7-15)10-6-14-12-5-8(20(2,17)18)3-4-9(10)12/h3-7,11,14H,1-2H3. The van der Waals surface area contributed by atoms with E-state index in [2.05, 4.69) is 9.72 Å². The average Bonchev–Trinajstić information content (AvgIpc) is 2.81. The molecule has 0 amide bonds. The highest BCUT2D eigenvalue weighted by Gasteiger charge is 2.24. The number of aldehydes is 1. The van der Waals surface area contributed by atoms with E-state index in [1.807, 2.05) is 0 Å². The predicted molar refractivity (Wildman–Crippen MR) is 72.2 cm³/mol. The molecule has 0 radical (unpaired) electrons. The summed E-state index contributed by atoms with van der Waals surface area (Å²) in [5.41, 5.74) is 1.00. The lowest BCUT2D eigenvalue weighted by Crippen LogP contribution is -2.15. The fourth-order valence-corrected chi connectivity index (χ4v) is 2.65. The molecule has 1 N–H and O–H groups in total. The number of fused-ring (bicyclic) bond motifs is 1. The SMILES string of the molecule is COC(=O)C(C=O)c1c[nH]c2cc(S(C)(=O)=O)ccc12. The van der Waals surface area contributed by atoms with Gasteiger partial charge in [-0.1, -0.05) is 6.07 Å². The van der Waals surface area contributed by atoms with Gasteiger partial charge in [-0.25, -0.2) is 8.42 Å². The normalized spacial score (nSPS) is 13.1. The Morgan fingerprint density at radius 2 is 2.10 bits per heavy atom. The van der Waals surface area contributed by atoms with E-state index in [1.54, 1.807) is 6.07 Å². The summed E-state index contributed by atoms with van der Waals surface area (Å²) in [6.45, 7) is 0. The molecule has 7 heteroatoms. The number of nitrogens with one attached hydrogen (secondary N) is 1. The predicted octanol–water partition coefficient (Wildman–Crippen LogP) is 1.03. The van der Waals surface area contributed by atoms with E-state index < -0.39 is 21.7 Å². The molecule has 2 aromatic rings. The maximum Gasteiger partial charge on any atom is 0.320 e. The van der Waals surface area contributed by atoms with Crippen LogP contribution in [0.4, 0.5) is 0 Å². The first-order valence-corrected chi connectivity index (χ1v) is 7.62. The lowest BCUT2D eigenvalue weighted by Gasteiger charge is -2.06. The molecule has 0 aliphatic heterocycles. The smallest absolute Gasteiger partial charge is 0.320 e. The van der Waals surface area contributed by atoms with E-state index in [4.69, 9.17) is 0 Å². The summed E-state index contributed by atoms with van der Waals surface area (Å²) in [6, 6.07) is 4.47. The summed E-state index contributed by atoms with van der Waals surface area (Å²) < 4.78 is 27.5. The minimum atomic E-state index is -3.31. The Hall–Kier alpha value is -2.15. The molecular formula is C13H13NO5S. The molecule has 0 aliphatic carbocycles. The fourth-order valence-electron chi connectivity index (χ4n) is 2.00. The van der Waals surface area contributed by atoms with Crippen molar-refractivity contribution in [1.82, 2.24) is 4.98 Å². The highest BCUT2D eigenvalue weighted by atomic mass is 32.2. The first-order chi connectivity index (χ1) is 9.38. The second-order valence-electron chi connectivity index (χ2n) is 4.36. The molecule has 1 unspecified atom stereocenters. The molecule has 106 valence electrons. The van der Waals surface area contributed by atoms with E-state index in [-0.39, 0.29) is 4.90 Å². The van der Waals surface area contributed by atoms with Crippen molar-refractivity contribution in [3.8, 4) is 0 Å². The summed E-state index contributed by atoms with van der Waals surface area (Å²) in [6.07, 6.45) is 3.12. The van der Waals surface area contributed by atoms with Crippen LogP contribution in [0, 0.1) is 0 Å². The van der Waals surface area contributed by atoms with Crippen molar-refractivity contribution in [1.29, 1.82) is 0 Å². The van der Waals surface area contributed by atoms with Crippen LogP contribution in [0.3, 0.4) is 0 Å². The number of methoxy groups -OCH3 is 1.